The third kappa shape index (κ3) is 6.97. The van der Waals surface area contributed by atoms with Crippen LogP contribution in [0.1, 0.15) is 76.9 Å². The van der Waals surface area contributed by atoms with Crippen molar-refractivity contribution in [1.82, 2.24) is 20.4 Å². The first kappa shape index (κ1) is 33.3. The summed E-state index contributed by atoms with van der Waals surface area (Å²) < 4.78 is 12.1. The maximum Gasteiger partial charge on any atom is 0.340 e. The van der Waals surface area contributed by atoms with Gasteiger partial charge in [-0.25, -0.2) is 4.79 Å². The van der Waals surface area contributed by atoms with Gasteiger partial charge in [0, 0.05) is 93.2 Å². The number of aromatic hydroxyl groups is 2. The SMILES string of the molecule is CC(C)CN1CCN(CCNC(=O)CCCCCNC(=O)c2ccc3c(c2)C(=O)OC32c3ccc(O)cc3Oc3cc(O)ccc32)CC1. The van der Waals surface area contributed by atoms with Crippen LogP contribution in [0.2, 0.25) is 0 Å². The highest BCUT2D eigenvalue weighted by atomic mass is 16.6. The highest BCUT2D eigenvalue weighted by Crippen LogP contribution is 2.57. The second-order valence-electron chi connectivity index (χ2n) is 13.2. The fourth-order valence-electron chi connectivity index (χ4n) is 6.89. The lowest BCUT2D eigenvalue weighted by Crippen LogP contribution is -2.49. The zero-order chi connectivity index (χ0) is 33.8. The molecule has 48 heavy (non-hydrogen) atoms. The molecule has 3 aliphatic heterocycles. The van der Waals surface area contributed by atoms with E-state index in [9.17, 15) is 24.6 Å². The Morgan fingerprint density at radius 1 is 0.812 bits per heavy atom. The summed E-state index contributed by atoms with van der Waals surface area (Å²) in [6, 6.07) is 14.0. The van der Waals surface area contributed by atoms with Gasteiger partial charge in [0.25, 0.3) is 5.91 Å². The minimum atomic E-state index is -1.37. The number of hydrogen-bond donors (Lipinski definition) is 4. The number of phenolic OH excluding ortho intramolecular Hbond substituents is 2. The van der Waals surface area contributed by atoms with E-state index in [0.717, 1.165) is 58.5 Å². The maximum atomic E-state index is 13.3. The van der Waals surface area contributed by atoms with Crippen LogP contribution < -0.4 is 15.4 Å². The first-order valence-electron chi connectivity index (χ1n) is 16.9. The lowest BCUT2D eigenvalue weighted by atomic mass is 9.77. The molecule has 1 spiro atoms. The number of ether oxygens (including phenoxy) is 2. The largest absolute Gasteiger partial charge is 0.508 e. The van der Waals surface area contributed by atoms with Crippen LogP contribution in [0.15, 0.2) is 54.6 Å². The van der Waals surface area contributed by atoms with Gasteiger partial charge in [-0.1, -0.05) is 26.3 Å². The van der Waals surface area contributed by atoms with Crippen molar-refractivity contribution in [3.05, 3.63) is 82.4 Å². The molecule has 0 saturated carbocycles. The van der Waals surface area contributed by atoms with Crippen molar-refractivity contribution in [2.75, 3.05) is 52.4 Å². The molecule has 3 aromatic rings. The smallest absolute Gasteiger partial charge is 0.340 e. The zero-order valence-corrected chi connectivity index (χ0v) is 27.6. The van der Waals surface area contributed by atoms with Gasteiger partial charge < -0.3 is 35.2 Å². The molecular weight excluding hydrogens is 612 g/mol. The quantitative estimate of drug-likeness (QED) is 0.166. The molecule has 11 nitrogen and oxygen atoms in total. The first-order valence-corrected chi connectivity index (χ1v) is 16.9. The standard InChI is InChI=1S/C37H44N4O7/c1-24(2)23-41-18-16-40(17-19-41)15-14-38-34(44)6-4-3-5-13-39-35(45)25-7-10-29-28(20-25)36(46)48-37(29)30-11-8-26(42)21-32(30)47-33-22-27(43)9-12-31(33)37/h7-12,20-22,24,42-43H,3-6,13-19,23H2,1-2H3,(H,38,44)(H,39,45). The number of phenols is 2. The van der Waals surface area contributed by atoms with E-state index in [0.29, 0.717) is 59.2 Å². The summed E-state index contributed by atoms with van der Waals surface area (Å²) in [5, 5.41) is 26.2. The maximum absolute atomic E-state index is 13.3. The second kappa shape index (κ2) is 14.2. The van der Waals surface area contributed by atoms with Crippen LogP contribution in [0.4, 0.5) is 0 Å². The molecule has 3 heterocycles. The van der Waals surface area contributed by atoms with Crippen LogP contribution in [0.5, 0.6) is 23.0 Å². The van der Waals surface area contributed by atoms with Crippen LogP contribution >= 0.6 is 0 Å². The molecule has 1 saturated heterocycles. The topological polar surface area (TPSA) is 141 Å². The molecule has 0 radical (unpaired) electrons. The Bertz CT molecular complexity index is 1630. The number of esters is 1. The fraction of sp³-hybridized carbons (Fsp3) is 0.432. The zero-order valence-electron chi connectivity index (χ0n) is 27.6. The Hall–Kier alpha value is -4.61. The van der Waals surface area contributed by atoms with Gasteiger partial charge >= 0.3 is 5.97 Å². The lowest BCUT2D eigenvalue weighted by molar-refractivity contribution is -0.121. The minimum Gasteiger partial charge on any atom is -0.508 e. The van der Waals surface area contributed by atoms with Crippen molar-refractivity contribution in [3.63, 3.8) is 0 Å². The van der Waals surface area contributed by atoms with E-state index in [1.165, 1.54) is 30.3 Å². The van der Waals surface area contributed by atoms with Crippen LogP contribution in [0, 0.1) is 5.92 Å². The molecule has 0 bridgehead atoms. The lowest BCUT2D eigenvalue weighted by Gasteiger charge is -2.36. The van der Waals surface area contributed by atoms with Gasteiger partial charge in [-0.2, -0.15) is 0 Å². The second-order valence-corrected chi connectivity index (χ2v) is 13.2. The number of rotatable bonds is 12. The number of carbonyl (C=O) groups is 3. The number of unbranched alkanes of at least 4 members (excludes halogenated alkanes) is 2. The summed E-state index contributed by atoms with van der Waals surface area (Å²) >= 11 is 0. The van der Waals surface area contributed by atoms with E-state index in [1.54, 1.807) is 24.3 Å². The molecule has 11 heteroatoms. The number of benzene rings is 3. The third-order valence-electron chi connectivity index (χ3n) is 9.24. The number of piperazine rings is 1. The Labute approximate surface area is 280 Å². The Morgan fingerprint density at radius 3 is 2.12 bits per heavy atom. The summed E-state index contributed by atoms with van der Waals surface area (Å²) in [5.74, 6) is 0.372. The first-order chi connectivity index (χ1) is 23.1. The van der Waals surface area contributed by atoms with Gasteiger partial charge in [-0.15, -0.1) is 0 Å². The average molecular weight is 657 g/mol. The monoisotopic (exact) mass is 656 g/mol. The molecule has 1 fully saturated rings. The molecule has 0 aliphatic carbocycles. The van der Waals surface area contributed by atoms with Gasteiger partial charge in [0.2, 0.25) is 5.91 Å². The van der Waals surface area contributed by atoms with Crippen LogP contribution in [0.3, 0.4) is 0 Å². The van der Waals surface area contributed by atoms with E-state index in [4.69, 9.17) is 9.47 Å². The van der Waals surface area contributed by atoms with Gasteiger partial charge in [0.15, 0.2) is 5.60 Å². The van der Waals surface area contributed by atoms with Crippen molar-refractivity contribution in [2.45, 2.75) is 45.1 Å². The number of hydrogen-bond acceptors (Lipinski definition) is 9. The normalized spacial score (nSPS) is 16.5. The number of fused-ring (bicyclic) bond motifs is 6. The van der Waals surface area contributed by atoms with Crippen molar-refractivity contribution < 1.29 is 34.1 Å². The number of nitrogens with one attached hydrogen (secondary N) is 2. The summed E-state index contributed by atoms with van der Waals surface area (Å²) in [7, 11) is 0. The summed E-state index contributed by atoms with van der Waals surface area (Å²) in [4.78, 5) is 43.6. The van der Waals surface area contributed by atoms with E-state index in [1.807, 2.05) is 0 Å². The van der Waals surface area contributed by atoms with E-state index >= 15 is 0 Å². The third-order valence-corrected chi connectivity index (χ3v) is 9.24. The highest BCUT2D eigenvalue weighted by Gasteiger charge is 2.53. The van der Waals surface area contributed by atoms with E-state index < -0.39 is 11.6 Å². The number of carbonyl (C=O) groups excluding carboxylic acids is 3. The minimum absolute atomic E-state index is 0.0236. The van der Waals surface area contributed by atoms with Crippen LogP contribution in [-0.2, 0) is 15.1 Å². The fourth-order valence-corrected chi connectivity index (χ4v) is 6.89. The predicted octanol–water partition coefficient (Wildman–Crippen LogP) is 4.35. The molecule has 0 unspecified atom stereocenters. The van der Waals surface area contributed by atoms with Gasteiger partial charge in [0.05, 0.1) is 5.56 Å². The van der Waals surface area contributed by atoms with Crippen LogP contribution in [0.25, 0.3) is 0 Å². The van der Waals surface area contributed by atoms with Crippen molar-refractivity contribution in [3.8, 4) is 23.0 Å². The molecule has 254 valence electrons. The molecule has 0 atom stereocenters. The van der Waals surface area contributed by atoms with Gasteiger partial charge in [-0.3, -0.25) is 14.5 Å². The molecule has 2 amide bonds. The molecule has 4 N–H and O–H groups in total. The predicted molar refractivity (Wildman–Crippen MR) is 180 cm³/mol. The van der Waals surface area contributed by atoms with Crippen LogP contribution in [-0.4, -0.2) is 90.2 Å². The molecule has 3 aliphatic rings. The van der Waals surface area contributed by atoms with Crippen molar-refractivity contribution in [2.24, 2.45) is 5.92 Å². The summed E-state index contributed by atoms with van der Waals surface area (Å²) in [6.07, 6.45) is 2.73. The highest BCUT2D eigenvalue weighted by molar-refractivity contribution is 6.01. The average Bonchev–Trinajstić information content (AvgIpc) is 3.34. The number of amides is 2. The molecule has 3 aromatic carbocycles. The Balaban J connectivity index is 0.978. The Kier molecular flexibility index (Phi) is 9.88. The summed E-state index contributed by atoms with van der Waals surface area (Å²) in [6.45, 7) is 11.9. The van der Waals surface area contributed by atoms with E-state index in [2.05, 4.69) is 34.3 Å². The number of nitrogens with zero attached hydrogens (tertiary/aromatic N) is 2. The van der Waals surface area contributed by atoms with Crippen molar-refractivity contribution in [1.29, 1.82) is 0 Å². The Morgan fingerprint density at radius 2 is 1.46 bits per heavy atom. The molecule has 0 aromatic heterocycles. The molecular formula is C37H44N4O7. The van der Waals surface area contributed by atoms with Crippen molar-refractivity contribution >= 4 is 17.8 Å². The van der Waals surface area contributed by atoms with E-state index in [-0.39, 0.29) is 28.9 Å². The van der Waals surface area contributed by atoms with Gasteiger partial charge in [-0.05, 0) is 55.2 Å². The van der Waals surface area contributed by atoms with Gasteiger partial charge in [0.1, 0.15) is 23.0 Å². The molecule has 6 rings (SSSR count). The summed E-state index contributed by atoms with van der Waals surface area (Å²) in [5.41, 5.74) is 0.781.